The summed E-state index contributed by atoms with van der Waals surface area (Å²) in [5.41, 5.74) is 7.18. The first-order valence-corrected chi connectivity index (χ1v) is 6.35. The summed E-state index contributed by atoms with van der Waals surface area (Å²) in [6, 6.07) is 6.61. The average molecular weight is 276 g/mol. The molecular weight excluding hydrogens is 259 g/mol. The highest BCUT2D eigenvalue weighted by atomic mass is 19.1. The normalized spacial score (nSPS) is 10.3. The maximum Gasteiger partial charge on any atom is 0.167 e. The summed E-state index contributed by atoms with van der Waals surface area (Å²) in [4.78, 5) is 3.96. The van der Waals surface area contributed by atoms with Crippen LogP contribution in [0.2, 0.25) is 0 Å². The largest absolute Gasteiger partial charge is 0.494 e. The lowest BCUT2D eigenvalue weighted by atomic mass is 10.1. The lowest BCUT2D eigenvalue weighted by molar-refractivity contribution is 0.308. The number of nitrogen functional groups attached to an aromatic ring is 1. The molecule has 0 bridgehead atoms. The SMILES string of the molecule is COc1cc(OCCCc2ccncc2)c(N)cc1F. The fraction of sp³-hybridized carbons (Fsp3) is 0.267. The van der Waals surface area contributed by atoms with Crippen LogP contribution in [0, 0.1) is 5.82 Å². The van der Waals surface area contributed by atoms with E-state index in [0.29, 0.717) is 12.4 Å². The highest BCUT2D eigenvalue weighted by Crippen LogP contribution is 2.29. The average Bonchev–Trinajstić information content (AvgIpc) is 2.46. The Balaban J connectivity index is 1.88. The zero-order valence-corrected chi connectivity index (χ0v) is 11.3. The molecule has 0 saturated carbocycles. The Morgan fingerprint density at radius 2 is 1.95 bits per heavy atom. The van der Waals surface area contributed by atoms with Gasteiger partial charge in [-0.15, -0.1) is 0 Å². The molecule has 1 heterocycles. The first kappa shape index (κ1) is 14.1. The standard InChI is InChI=1S/C15H17FN2O2/c1-19-14-10-15(13(17)9-12(14)16)20-8-2-3-11-4-6-18-7-5-11/h4-7,9-10H,2-3,8,17H2,1H3. The molecule has 0 aliphatic heterocycles. The van der Waals surface area contributed by atoms with Crippen molar-refractivity contribution in [3.63, 3.8) is 0 Å². The van der Waals surface area contributed by atoms with Crippen molar-refractivity contribution in [2.24, 2.45) is 0 Å². The van der Waals surface area contributed by atoms with Crippen molar-refractivity contribution in [2.75, 3.05) is 19.5 Å². The van der Waals surface area contributed by atoms with Gasteiger partial charge < -0.3 is 15.2 Å². The number of hydrogen-bond acceptors (Lipinski definition) is 4. The Hall–Kier alpha value is -2.30. The maximum atomic E-state index is 13.4. The molecule has 106 valence electrons. The van der Waals surface area contributed by atoms with Crippen LogP contribution in [0.15, 0.2) is 36.7 Å². The quantitative estimate of drug-likeness (QED) is 0.651. The van der Waals surface area contributed by atoms with Gasteiger partial charge in [-0.3, -0.25) is 4.98 Å². The van der Waals surface area contributed by atoms with Gasteiger partial charge in [-0.1, -0.05) is 0 Å². The van der Waals surface area contributed by atoms with Crippen LogP contribution in [0.1, 0.15) is 12.0 Å². The molecule has 0 saturated heterocycles. The van der Waals surface area contributed by atoms with Crippen molar-refractivity contribution in [3.05, 3.63) is 48.0 Å². The minimum atomic E-state index is -0.492. The Bertz CT molecular complexity index is 561. The van der Waals surface area contributed by atoms with Crippen LogP contribution in [0.5, 0.6) is 11.5 Å². The van der Waals surface area contributed by atoms with E-state index in [1.165, 1.54) is 24.8 Å². The first-order valence-electron chi connectivity index (χ1n) is 6.35. The maximum absolute atomic E-state index is 13.4. The zero-order valence-electron chi connectivity index (χ0n) is 11.3. The van der Waals surface area contributed by atoms with E-state index in [2.05, 4.69) is 4.98 Å². The Labute approximate surface area is 117 Å². The molecule has 0 atom stereocenters. The number of hydrogen-bond donors (Lipinski definition) is 1. The number of nitrogens with two attached hydrogens (primary N) is 1. The van der Waals surface area contributed by atoms with Crippen molar-refractivity contribution >= 4 is 5.69 Å². The highest BCUT2D eigenvalue weighted by Gasteiger charge is 2.09. The van der Waals surface area contributed by atoms with Gasteiger partial charge in [0, 0.05) is 24.5 Å². The van der Waals surface area contributed by atoms with Crippen LogP contribution in [0.25, 0.3) is 0 Å². The summed E-state index contributed by atoms with van der Waals surface area (Å²) in [5, 5.41) is 0. The molecule has 1 aromatic carbocycles. The topological polar surface area (TPSA) is 57.4 Å². The van der Waals surface area contributed by atoms with Crippen molar-refractivity contribution in [2.45, 2.75) is 12.8 Å². The number of pyridine rings is 1. The number of methoxy groups -OCH3 is 1. The van der Waals surface area contributed by atoms with Crippen LogP contribution < -0.4 is 15.2 Å². The van der Waals surface area contributed by atoms with Gasteiger partial charge in [-0.2, -0.15) is 0 Å². The third-order valence-corrected chi connectivity index (χ3v) is 2.90. The van der Waals surface area contributed by atoms with E-state index >= 15 is 0 Å². The molecule has 0 fully saturated rings. The molecule has 1 aromatic heterocycles. The molecule has 0 unspecified atom stereocenters. The van der Waals surface area contributed by atoms with Crippen LogP contribution in [-0.4, -0.2) is 18.7 Å². The molecule has 2 rings (SSSR count). The van der Waals surface area contributed by atoms with E-state index < -0.39 is 5.82 Å². The number of anilines is 1. The van der Waals surface area contributed by atoms with E-state index in [4.69, 9.17) is 15.2 Å². The van der Waals surface area contributed by atoms with E-state index in [9.17, 15) is 4.39 Å². The number of ether oxygens (including phenoxy) is 2. The van der Waals surface area contributed by atoms with Gasteiger partial charge in [0.15, 0.2) is 11.6 Å². The Morgan fingerprint density at radius 3 is 2.65 bits per heavy atom. The molecule has 0 amide bonds. The molecule has 2 aromatic rings. The van der Waals surface area contributed by atoms with Gasteiger partial charge in [-0.25, -0.2) is 4.39 Å². The molecule has 20 heavy (non-hydrogen) atoms. The minimum Gasteiger partial charge on any atom is -0.494 e. The number of rotatable bonds is 6. The summed E-state index contributed by atoms with van der Waals surface area (Å²) < 4.78 is 23.8. The zero-order chi connectivity index (χ0) is 14.4. The van der Waals surface area contributed by atoms with Crippen LogP contribution >= 0.6 is 0 Å². The van der Waals surface area contributed by atoms with E-state index in [1.54, 1.807) is 12.4 Å². The third-order valence-electron chi connectivity index (χ3n) is 2.90. The molecule has 0 radical (unpaired) electrons. The van der Waals surface area contributed by atoms with Gasteiger partial charge in [0.05, 0.1) is 19.4 Å². The lowest BCUT2D eigenvalue weighted by Gasteiger charge is -2.11. The molecule has 2 N–H and O–H groups in total. The second-order valence-electron chi connectivity index (χ2n) is 4.33. The molecule has 0 aliphatic carbocycles. The highest BCUT2D eigenvalue weighted by molar-refractivity contribution is 5.56. The fourth-order valence-electron chi connectivity index (χ4n) is 1.84. The lowest BCUT2D eigenvalue weighted by Crippen LogP contribution is -2.03. The molecule has 5 heteroatoms. The summed E-state index contributed by atoms with van der Waals surface area (Å²) in [5.74, 6) is 0.0791. The van der Waals surface area contributed by atoms with Gasteiger partial charge in [-0.05, 0) is 30.5 Å². The minimum absolute atomic E-state index is 0.128. The Kier molecular flexibility index (Phi) is 4.76. The van der Waals surface area contributed by atoms with Crippen molar-refractivity contribution in [3.8, 4) is 11.5 Å². The molecular formula is C15H17FN2O2. The second kappa shape index (κ2) is 6.75. The fourth-order valence-corrected chi connectivity index (χ4v) is 1.84. The van der Waals surface area contributed by atoms with E-state index in [1.807, 2.05) is 12.1 Å². The second-order valence-corrected chi connectivity index (χ2v) is 4.33. The number of aromatic nitrogens is 1. The van der Waals surface area contributed by atoms with Gasteiger partial charge >= 0.3 is 0 Å². The molecule has 0 spiro atoms. The summed E-state index contributed by atoms with van der Waals surface area (Å²) >= 11 is 0. The smallest absolute Gasteiger partial charge is 0.167 e. The van der Waals surface area contributed by atoms with Crippen molar-refractivity contribution in [1.29, 1.82) is 0 Å². The predicted octanol–water partition coefficient (Wildman–Crippen LogP) is 2.82. The predicted molar refractivity (Wildman–Crippen MR) is 75.4 cm³/mol. The molecule has 4 nitrogen and oxygen atoms in total. The van der Waals surface area contributed by atoms with Crippen LogP contribution in [0.3, 0.4) is 0 Å². The number of nitrogens with zero attached hydrogens (tertiary/aromatic N) is 1. The summed E-state index contributed by atoms with van der Waals surface area (Å²) in [6.45, 7) is 0.501. The Morgan fingerprint density at radius 1 is 1.20 bits per heavy atom. The van der Waals surface area contributed by atoms with Gasteiger partial charge in [0.25, 0.3) is 0 Å². The number of aryl methyl sites for hydroxylation is 1. The molecule has 0 aliphatic rings. The van der Waals surface area contributed by atoms with Crippen molar-refractivity contribution in [1.82, 2.24) is 4.98 Å². The number of benzene rings is 1. The van der Waals surface area contributed by atoms with Crippen LogP contribution in [-0.2, 0) is 6.42 Å². The third kappa shape index (κ3) is 3.60. The number of halogens is 1. The van der Waals surface area contributed by atoms with Gasteiger partial charge in [0.1, 0.15) is 5.75 Å². The summed E-state index contributed by atoms with van der Waals surface area (Å²) in [6.07, 6.45) is 5.25. The van der Waals surface area contributed by atoms with Gasteiger partial charge in [0.2, 0.25) is 0 Å². The van der Waals surface area contributed by atoms with Crippen LogP contribution in [0.4, 0.5) is 10.1 Å². The summed E-state index contributed by atoms with van der Waals surface area (Å²) in [7, 11) is 1.40. The monoisotopic (exact) mass is 276 g/mol. The first-order chi connectivity index (χ1) is 9.70. The van der Waals surface area contributed by atoms with Crippen molar-refractivity contribution < 1.29 is 13.9 Å². The van der Waals surface area contributed by atoms with E-state index in [-0.39, 0.29) is 11.4 Å². The van der Waals surface area contributed by atoms with E-state index in [0.717, 1.165) is 12.8 Å².